The van der Waals surface area contributed by atoms with Gasteiger partial charge in [-0.3, -0.25) is 20.2 Å². The zero-order valence-electron chi connectivity index (χ0n) is 10.0. The van der Waals surface area contributed by atoms with Crippen molar-refractivity contribution in [3.8, 4) is 11.6 Å². The lowest BCUT2D eigenvalue weighted by atomic mass is 10.3. The van der Waals surface area contributed by atoms with E-state index in [1.807, 2.05) is 0 Å². The van der Waals surface area contributed by atoms with E-state index in [0.29, 0.717) is 0 Å². The van der Waals surface area contributed by atoms with Crippen molar-refractivity contribution in [2.75, 3.05) is 0 Å². The Morgan fingerprint density at radius 2 is 1.71 bits per heavy atom. The van der Waals surface area contributed by atoms with Crippen molar-refractivity contribution < 1.29 is 19.0 Å². The highest BCUT2D eigenvalue weighted by atomic mass is 35.5. The van der Waals surface area contributed by atoms with E-state index in [1.165, 1.54) is 6.07 Å². The fraction of sp³-hybridized carbons (Fsp3) is 0. The molecule has 2 rings (SSSR count). The molecule has 0 aliphatic heterocycles. The van der Waals surface area contributed by atoms with Gasteiger partial charge in [-0.05, 0) is 12.1 Å². The van der Waals surface area contributed by atoms with Crippen LogP contribution in [0.2, 0.25) is 5.15 Å². The van der Waals surface area contributed by atoms with E-state index < -0.39 is 32.9 Å². The number of nitrogens with zero attached hydrogens (tertiary/aromatic N) is 3. The lowest BCUT2D eigenvalue weighted by molar-refractivity contribution is -0.387. The molecule has 0 N–H and O–H groups in total. The highest BCUT2D eigenvalue weighted by Gasteiger charge is 2.20. The van der Waals surface area contributed by atoms with E-state index in [-0.39, 0.29) is 10.9 Å². The van der Waals surface area contributed by atoms with Crippen molar-refractivity contribution in [1.29, 1.82) is 0 Å². The van der Waals surface area contributed by atoms with Crippen LogP contribution in [0, 0.1) is 26.0 Å². The third kappa shape index (κ3) is 3.20. The molecule has 0 aliphatic rings. The summed E-state index contributed by atoms with van der Waals surface area (Å²) in [6.45, 7) is 0. The normalized spacial score (nSPS) is 10.2. The van der Waals surface area contributed by atoms with E-state index in [0.717, 1.165) is 24.3 Å². The summed E-state index contributed by atoms with van der Waals surface area (Å²) in [7, 11) is 0. The van der Waals surface area contributed by atoms with Gasteiger partial charge >= 0.3 is 17.3 Å². The SMILES string of the molecule is O=[N+]([O-])c1ccc(Oc2nc(Cl)ccc2[N+](=O)[O-])cc1F. The van der Waals surface area contributed by atoms with Crippen LogP contribution < -0.4 is 4.74 Å². The number of aromatic nitrogens is 1. The first-order chi connectivity index (χ1) is 9.88. The minimum Gasteiger partial charge on any atom is -0.434 e. The second-order valence-corrected chi connectivity index (χ2v) is 4.08. The van der Waals surface area contributed by atoms with Crippen molar-refractivity contribution >= 4 is 23.0 Å². The molecule has 10 heteroatoms. The molecular weight excluding hydrogens is 309 g/mol. The summed E-state index contributed by atoms with van der Waals surface area (Å²) in [5, 5.41) is 21.2. The Hall–Kier alpha value is -2.81. The topological polar surface area (TPSA) is 108 Å². The standard InChI is InChI=1S/C11H5ClFN3O5/c12-10-4-3-9(16(19)20)11(14-10)21-6-1-2-8(15(17)18)7(13)5-6/h1-5H. The Labute approximate surface area is 121 Å². The molecule has 21 heavy (non-hydrogen) atoms. The van der Waals surface area contributed by atoms with Gasteiger partial charge in [-0.25, -0.2) is 0 Å². The molecule has 0 bridgehead atoms. The van der Waals surface area contributed by atoms with Crippen LogP contribution in [-0.4, -0.2) is 14.8 Å². The van der Waals surface area contributed by atoms with Crippen LogP contribution in [0.5, 0.6) is 11.6 Å². The second-order valence-electron chi connectivity index (χ2n) is 3.69. The molecular formula is C11H5ClFN3O5. The minimum atomic E-state index is -1.14. The predicted octanol–water partition coefficient (Wildman–Crippen LogP) is 3.48. The average molecular weight is 314 g/mol. The molecule has 0 amide bonds. The van der Waals surface area contributed by atoms with Crippen LogP contribution in [0.15, 0.2) is 30.3 Å². The summed E-state index contributed by atoms with van der Waals surface area (Å²) in [5.74, 6) is -1.76. The van der Waals surface area contributed by atoms with Gasteiger partial charge in [-0.1, -0.05) is 11.6 Å². The lowest BCUT2D eigenvalue weighted by Gasteiger charge is -2.05. The molecule has 0 aliphatic carbocycles. The number of nitro groups is 2. The van der Waals surface area contributed by atoms with E-state index in [1.54, 1.807) is 0 Å². The lowest BCUT2D eigenvalue weighted by Crippen LogP contribution is -1.97. The first kappa shape index (κ1) is 14.6. The Kier molecular flexibility index (Phi) is 3.94. The first-order valence-corrected chi connectivity index (χ1v) is 5.69. The van der Waals surface area contributed by atoms with E-state index >= 15 is 0 Å². The van der Waals surface area contributed by atoms with Crippen LogP contribution in [0.4, 0.5) is 15.8 Å². The monoisotopic (exact) mass is 313 g/mol. The number of halogens is 2. The quantitative estimate of drug-likeness (QED) is 0.485. The largest absolute Gasteiger partial charge is 0.434 e. The van der Waals surface area contributed by atoms with Gasteiger partial charge in [0.15, 0.2) is 0 Å². The van der Waals surface area contributed by atoms with Crippen LogP contribution in [-0.2, 0) is 0 Å². The third-order valence-corrected chi connectivity index (χ3v) is 2.54. The molecule has 0 unspecified atom stereocenters. The second kappa shape index (κ2) is 5.67. The number of benzene rings is 1. The molecule has 1 aromatic heterocycles. The summed E-state index contributed by atoms with van der Waals surface area (Å²) in [5.41, 5.74) is -1.21. The number of rotatable bonds is 4. The molecule has 1 aromatic carbocycles. The number of hydrogen-bond acceptors (Lipinski definition) is 6. The summed E-state index contributed by atoms with van der Waals surface area (Å²) in [6.07, 6.45) is 0. The van der Waals surface area contributed by atoms with Crippen molar-refractivity contribution in [1.82, 2.24) is 4.98 Å². The summed E-state index contributed by atoms with van der Waals surface area (Å²) in [6, 6.07) is 4.97. The molecule has 108 valence electrons. The number of hydrogen-bond donors (Lipinski definition) is 0. The van der Waals surface area contributed by atoms with Crippen LogP contribution in [0.3, 0.4) is 0 Å². The van der Waals surface area contributed by atoms with Gasteiger partial charge < -0.3 is 4.74 Å². The highest BCUT2D eigenvalue weighted by molar-refractivity contribution is 6.29. The Morgan fingerprint density at radius 3 is 2.29 bits per heavy atom. The van der Waals surface area contributed by atoms with Gasteiger partial charge in [-0.15, -0.1) is 0 Å². The maximum atomic E-state index is 13.4. The highest BCUT2D eigenvalue weighted by Crippen LogP contribution is 2.32. The number of nitro benzene ring substituents is 1. The third-order valence-electron chi connectivity index (χ3n) is 2.33. The number of pyridine rings is 1. The summed E-state index contributed by atoms with van der Waals surface area (Å²) >= 11 is 5.61. The van der Waals surface area contributed by atoms with Crippen LogP contribution in [0.1, 0.15) is 0 Å². The molecule has 0 radical (unpaired) electrons. The van der Waals surface area contributed by atoms with Crippen molar-refractivity contribution in [2.24, 2.45) is 0 Å². The maximum absolute atomic E-state index is 13.4. The van der Waals surface area contributed by atoms with Gasteiger partial charge in [0.2, 0.25) is 5.82 Å². The van der Waals surface area contributed by atoms with Gasteiger partial charge in [-0.2, -0.15) is 9.37 Å². The summed E-state index contributed by atoms with van der Waals surface area (Å²) < 4.78 is 18.5. The van der Waals surface area contributed by atoms with Crippen molar-refractivity contribution in [3.05, 3.63) is 61.5 Å². The Balaban J connectivity index is 2.38. The van der Waals surface area contributed by atoms with Gasteiger partial charge in [0.25, 0.3) is 0 Å². The molecule has 8 nitrogen and oxygen atoms in total. The summed E-state index contributed by atoms with van der Waals surface area (Å²) in [4.78, 5) is 23.3. The average Bonchev–Trinajstić information content (AvgIpc) is 2.37. The fourth-order valence-corrected chi connectivity index (χ4v) is 1.58. The van der Waals surface area contributed by atoms with Crippen molar-refractivity contribution in [2.45, 2.75) is 0 Å². The van der Waals surface area contributed by atoms with Crippen LogP contribution >= 0.6 is 11.6 Å². The first-order valence-electron chi connectivity index (χ1n) is 5.31. The molecule has 0 spiro atoms. The Morgan fingerprint density at radius 1 is 1.10 bits per heavy atom. The zero-order chi connectivity index (χ0) is 15.6. The van der Waals surface area contributed by atoms with Gasteiger partial charge in [0, 0.05) is 18.2 Å². The maximum Gasteiger partial charge on any atom is 0.331 e. The zero-order valence-corrected chi connectivity index (χ0v) is 10.8. The molecule has 0 saturated carbocycles. The molecule has 2 aromatic rings. The van der Waals surface area contributed by atoms with Gasteiger partial charge in [0.05, 0.1) is 9.85 Å². The molecule has 0 atom stereocenters. The van der Waals surface area contributed by atoms with E-state index in [9.17, 15) is 24.6 Å². The van der Waals surface area contributed by atoms with Crippen LogP contribution in [0.25, 0.3) is 0 Å². The molecule has 0 fully saturated rings. The predicted molar refractivity (Wildman–Crippen MR) is 69.0 cm³/mol. The van der Waals surface area contributed by atoms with E-state index in [2.05, 4.69) is 4.98 Å². The fourth-order valence-electron chi connectivity index (χ4n) is 1.44. The Bertz CT molecular complexity index is 740. The number of ether oxygens (including phenoxy) is 1. The van der Waals surface area contributed by atoms with Crippen molar-refractivity contribution in [3.63, 3.8) is 0 Å². The van der Waals surface area contributed by atoms with Gasteiger partial charge in [0.1, 0.15) is 10.9 Å². The molecule has 1 heterocycles. The van der Waals surface area contributed by atoms with E-state index in [4.69, 9.17) is 16.3 Å². The smallest absolute Gasteiger partial charge is 0.331 e. The molecule has 0 saturated heterocycles. The minimum absolute atomic E-state index is 0.0574.